The molecule has 2 aromatic rings. The number of piperidine rings is 1. The second-order valence-corrected chi connectivity index (χ2v) is 11.8. The van der Waals surface area contributed by atoms with Crippen molar-refractivity contribution in [3.63, 3.8) is 0 Å². The third-order valence-electron chi connectivity index (χ3n) is 8.31. The molecule has 0 atom stereocenters. The zero-order chi connectivity index (χ0) is 33.7. The number of fused-ring (bicyclic) bond motifs is 1. The number of benzene rings is 1. The van der Waals surface area contributed by atoms with E-state index in [9.17, 15) is 0 Å². The Morgan fingerprint density at radius 3 is 2.09 bits per heavy atom. The summed E-state index contributed by atoms with van der Waals surface area (Å²) < 4.78 is 5.69. The van der Waals surface area contributed by atoms with Gasteiger partial charge in [0.2, 0.25) is 0 Å². The first kappa shape index (κ1) is 41.6. The van der Waals surface area contributed by atoms with E-state index < -0.39 is 0 Å². The molecule has 1 aliphatic rings. The molecule has 1 fully saturated rings. The minimum absolute atomic E-state index is 0.602. The largest absolute Gasteiger partial charge is 0.400 e. The van der Waals surface area contributed by atoms with E-state index in [1.54, 1.807) is 0 Å². The first-order chi connectivity index (χ1) is 21.2. The van der Waals surface area contributed by atoms with Crippen molar-refractivity contribution in [1.29, 1.82) is 0 Å². The number of aliphatic hydroxyl groups excluding tert-OH is 1. The molecule has 0 bridgehead atoms. The van der Waals surface area contributed by atoms with Crippen LogP contribution in [0.3, 0.4) is 0 Å². The molecule has 1 aromatic carbocycles. The number of nitrogens with zero attached hydrogens (tertiary/aromatic N) is 2. The van der Waals surface area contributed by atoms with E-state index >= 15 is 0 Å². The van der Waals surface area contributed by atoms with E-state index in [2.05, 4.69) is 91.1 Å². The molecular formula is C40H68N2O2. The lowest BCUT2D eigenvalue weighted by Crippen LogP contribution is -2.32. The molecule has 0 radical (unpaired) electrons. The molecule has 4 nitrogen and oxygen atoms in total. The number of aromatic nitrogens is 1. The van der Waals surface area contributed by atoms with Crippen LogP contribution in [0, 0.1) is 12.8 Å². The fourth-order valence-electron chi connectivity index (χ4n) is 5.61. The van der Waals surface area contributed by atoms with Crippen LogP contribution in [0.4, 0.5) is 5.69 Å². The summed E-state index contributed by atoms with van der Waals surface area (Å²) in [5.74, 6) is 0.838. The van der Waals surface area contributed by atoms with Gasteiger partial charge in [-0.3, -0.25) is 0 Å². The van der Waals surface area contributed by atoms with Crippen LogP contribution in [0.2, 0.25) is 0 Å². The SMILES string of the molecule is C=C(C)/C(COCC)=C(C)\C=C(/C)c1nc2ccc(N3CCC(C)CC3)cc2c(C)c1CC.CC.CCCCCCC.CO. The molecule has 0 unspecified atom stereocenters. The first-order valence-corrected chi connectivity index (χ1v) is 17.4. The zero-order valence-corrected chi connectivity index (χ0v) is 30.8. The molecule has 1 saturated heterocycles. The highest BCUT2D eigenvalue weighted by atomic mass is 16.5. The summed E-state index contributed by atoms with van der Waals surface area (Å²) in [6.45, 7) is 31.5. The molecule has 1 aliphatic heterocycles. The number of anilines is 1. The average molecular weight is 609 g/mol. The zero-order valence-electron chi connectivity index (χ0n) is 30.8. The van der Waals surface area contributed by atoms with E-state index in [4.69, 9.17) is 14.8 Å². The smallest absolute Gasteiger partial charge is 0.0721 e. The lowest BCUT2D eigenvalue weighted by atomic mass is 9.94. The standard InChI is InChI=1S/C30H42N2O.C7H16.C2H6.CH4O/c1-9-26-24(8)27-18-25(32-15-13-21(5)14-16-32)11-12-29(27)31-30(26)23(7)17-22(6)28(20(3)4)19-33-10-2;1-3-5-7-6-4-2;2*1-2/h11-12,17-18,21H,3,9-10,13-16,19H2,1-2,4-8H3;3-7H2,1-2H3;1-2H3;2H,1H3/b23-17+,28-22-;;;. The average Bonchev–Trinajstić information content (AvgIpc) is 3.03. The minimum Gasteiger partial charge on any atom is -0.400 e. The molecule has 0 aliphatic carbocycles. The van der Waals surface area contributed by atoms with Crippen LogP contribution in [0.25, 0.3) is 16.5 Å². The molecule has 1 aromatic heterocycles. The van der Waals surface area contributed by atoms with Crippen molar-refractivity contribution >= 4 is 22.2 Å². The van der Waals surface area contributed by atoms with Crippen LogP contribution in [0.1, 0.15) is 131 Å². The molecule has 0 amide bonds. The minimum atomic E-state index is 0.602. The first-order valence-electron chi connectivity index (χ1n) is 17.4. The number of ether oxygens (including phenoxy) is 1. The predicted octanol–water partition coefficient (Wildman–Crippen LogP) is 11.3. The molecule has 0 saturated carbocycles. The van der Waals surface area contributed by atoms with Crippen LogP contribution in [-0.4, -0.2) is 43.5 Å². The highest BCUT2D eigenvalue weighted by molar-refractivity contribution is 5.89. The second-order valence-electron chi connectivity index (χ2n) is 11.8. The van der Waals surface area contributed by atoms with Crippen molar-refractivity contribution in [1.82, 2.24) is 4.98 Å². The molecule has 44 heavy (non-hydrogen) atoms. The van der Waals surface area contributed by atoms with E-state index in [1.807, 2.05) is 20.8 Å². The fraction of sp³-hybridized carbons (Fsp3) is 0.625. The number of hydrogen-bond donors (Lipinski definition) is 1. The van der Waals surface area contributed by atoms with Crippen molar-refractivity contribution in [2.24, 2.45) is 5.92 Å². The van der Waals surface area contributed by atoms with Crippen LogP contribution < -0.4 is 4.90 Å². The van der Waals surface area contributed by atoms with Gasteiger partial charge in [-0.1, -0.05) is 91.9 Å². The van der Waals surface area contributed by atoms with Crippen molar-refractivity contribution in [3.8, 4) is 0 Å². The molecular weight excluding hydrogens is 540 g/mol. The Labute approximate surface area is 272 Å². The Morgan fingerprint density at radius 2 is 1.59 bits per heavy atom. The van der Waals surface area contributed by atoms with Crippen molar-refractivity contribution < 1.29 is 9.84 Å². The number of allylic oxidation sites excluding steroid dienone is 3. The summed E-state index contributed by atoms with van der Waals surface area (Å²) in [7, 11) is 1.00. The van der Waals surface area contributed by atoms with E-state index in [-0.39, 0.29) is 0 Å². The predicted molar refractivity (Wildman–Crippen MR) is 198 cm³/mol. The molecule has 3 rings (SSSR count). The quantitative estimate of drug-likeness (QED) is 0.192. The third kappa shape index (κ3) is 13.3. The van der Waals surface area contributed by atoms with Gasteiger partial charge in [-0.15, -0.1) is 0 Å². The van der Waals surface area contributed by atoms with Gasteiger partial charge >= 0.3 is 0 Å². The maximum atomic E-state index is 7.00. The lowest BCUT2D eigenvalue weighted by molar-refractivity contribution is 0.171. The van der Waals surface area contributed by atoms with Gasteiger partial charge in [0.1, 0.15) is 0 Å². The Bertz CT molecular complexity index is 1150. The van der Waals surface area contributed by atoms with E-state index in [0.717, 1.165) is 49.3 Å². The monoisotopic (exact) mass is 609 g/mol. The Morgan fingerprint density at radius 1 is 1.00 bits per heavy atom. The number of aliphatic hydroxyl groups is 1. The number of pyridine rings is 1. The van der Waals surface area contributed by atoms with Crippen LogP contribution in [0.15, 0.2) is 47.6 Å². The highest BCUT2D eigenvalue weighted by Crippen LogP contribution is 2.32. The second kappa shape index (κ2) is 23.9. The van der Waals surface area contributed by atoms with Gasteiger partial charge in [-0.2, -0.15) is 0 Å². The number of unbranched alkanes of at least 4 members (excludes halogenated alkanes) is 4. The van der Waals surface area contributed by atoms with Crippen LogP contribution >= 0.6 is 0 Å². The Hall–Kier alpha value is -2.43. The third-order valence-corrected chi connectivity index (χ3v) is 8.31. The summed E-state index contributed by atoms with van der Waals surface area (Å²) in [6, 6.07) is 6.83. The maximum Gasteiger partial charge on any atom is 0.0721 e. The normalized spacial score (nSPS) is 14.0. The molecule has 1 N–H and O–H groups in total. The summed E-state index contributed by atoms with van der Waals surface area (Å²) >= 11 is 0. The van der Waals surface area contributed by atoms with Gasteiger partial charge in [-0.05, 0) is 106 Å². The van der Waals surface area contributed by atoms with Crippen molar-refractivity contribution in [2.75, 3.05) is 38.3 Å². The lowest BCUT2D eigenvalue weighted by Gasteiger charge is -2.32. The van der Waals surface area contributed by atoms with Gasteiger partial charge in [0.05, 0.1) is 17.8 Å². The Kier molecular flexibility index (Phi) is 22.6. The molecule has 4 heteroatoms. The van der Waals surface area contributed by atoms with E-state index in [0.29, 0.717) is 13.2 Å². The molecule has 250 valence electrons. The van der Waals surface area contributed by atoms with Gasteiger partial charge in [0, 0.05) is 37.9 Å². The molecule has 2 heterocycles. The molecule has 0 spiro atoms. The van der Waals surface area contributed by atoms with Gasteiger partial charge in [0.15, 0.2) is 0 Å². The Balaban J connectivity index is 0.00000146. The topological polar surface area (TPSA) is 45.6 Å². The van der Waals surface area contributed by atoms with Crippen molar-refractivity contribution in [3.05, 3.63) is 64.4 Å². The maximum absolute atomic E-state index is 7.00. The van der Waals surface area contributed by atoms with Gasteiger partial charge < -0.3 is 14.7 Å². The number of aryl methyl sites for hydroxylation is 1. The summed E-state index contributed by atoms with van der Waals surface area (Å²) in [6.07, 6.45) is 12.8. The summed E-state index contributed by atoms with van der Waals surface area (Å²) in [5, 5.41) is 8.28. The number of rotatable bonds is 12. The van der Waals surface area contributed by atoms with Gasteiger partial charge in [-0.25, -0.2) is 4.98 Å². The summed E-state index contributed by atoms with van der Waals surface area (Å²) in [5.41, 5.74) is 10.8. The van der Waals surface area contributed by atoms with Crippen LogP contribution in [-0.2, 0) is 11.2 Å². The van der Waals surface area contributed by atoms with Gasteiger partial charge in [0.25, 0.3) is 0 Å². The highest BCUT2D eigenvalue weighted by Gasteiger charge is 2.18. The fourth-order valence-corrected chi connectivity index (χ4v) is 5.61. The summed E-state index contributed by atoms with van der Waals surface area (Å²) in [4.78, 5) is 7.70. The van der Waals surface area contributed by atoms with E-state index in [1.165, 1.54) is 83.9 Å². The number of hydrogen-bond acceptors (Lipinski definition) is 4. The van der Waals surface area contributed by atoms with Crippen LogP contribution in [0.5, 0.6) is 0 Å². The van der Waals surface area contributed by atoms with Crippen molar-refractivity contribution in [2.45, 2.75) is 128 Å².